The molecule has 1 unspecified atom stereocenters. The van der Waals surface area contributed by atoms with Crippen LogP contribution in [0, 0.1) is 5.82 Å². The van der Waals surface area contributed by atoms with Gasteiger partial charge < -0.3 is 5.11 Å². The van der Waals surface area contributed by atoms with Gasteiger partial charge in [-0.15, -0.1) is 0 Å². The topological polar surface area (TPSA) is 62.2 Å². The van der Waals surface area contributed by atoms with E-state index in [1.807, 2.05) is 6.07 Å². The van der Waals surface area contributed by atoms with Gasteiger partial charge >= 0.3 is 5.97 Å². The summed E-state index contributed by atoms with van der Waals surface area (Å²) in [6, 6.07) is 10.1. The van der Waals surface area contributed by atoms with Crippen molar-refractivity contribution < 1.29 is 14.3 Å². The minimum atomic E-state index is -1.12. The Morgan fingerprint density at radius 2 is 2.00 bits per heavy atom. The lowest BCUT2D eigenvalue weighted by Gasteiger charge is -2.15. The van der Waals surface area contributed by atoms with Gasteiger partial charge in [0.2, 0.25) is 0 Å². The molecule has 4 nitrogen and oxygen atoms in total. The first-order chi connectivity index (χ1) is 9.18. The molecule has 0 saturated heterocycles. The maximum Gasteiger partial charge on any atom is 0.325 e. The van der Waals surface area contributed by atoms with Gasteiger partial charge in [0.25, 0.3) is 0 Å². The lowest BCUT2D eigenvalue weighted by atomic mass is 10.1. The van der Waals surface area contributed by atoms with Crippen molar-refractivity contribution in [1.82, 2.24) is 10.3 Å². The molecular formula is C14H13FN2O2. The van der Waals surface area contributed by atoms with E-state index in [2.05, 4.69) is 10.3 Å². The predicted molar refractivity (Wildman–Crippen MR) is 67.9 cm³/mol. The molecule has 0 aliphatic carbocycles. The molecule has 5 heteroatoms. The normalized spacial score (nSPS) is 12.1. The summed E-state index contributed by atoms with van der Waals surface area (Å²) in [5.41, 5.74) is 0.816. The zero-order valence-corrected chi connectivity index (χ0v) is 10.1. The van der Waals surface area contributed by atoms with Crippen LogP contribution in [0.15, 0.2) is 48.7 Å². The van der Waals surface area contributed by atoms with E-state index < -0.39 is 17.8 Å². The van der Waals surface area contributed by atoms with E-state index in [1.54, 1.807) is 24.4 Å². The standard InChI is InChI=1S/C14H13FN2O2/c15-12-7-2-1-6-11(12)13(14(18)19)17-9-10-5-3-4-8-16-10/h1-8,13,17H,9H2,(H,18,19). The summed E-state index contributed by atoms with van der Waals surface area (Å²) in [5.74, 6) is -1.66. The summed E-state index contributed by atoms with van der Waals surface area (Å²) in [6.45, 7) is 0.256. The molecule has 0 aliphatic rings. The number of benzene rings is 1. The van der Waals surface area contributed by atoms with Crippen LogP contribution in [0.5, 0.6) is 0 Å². The lowest BCUT2D eigenvalue weighted by Crippen LogP contribution is -2.29. The smallest absolute Gasteiger partial charge is 0.325 e. The molecule has 98 valence electrons. The predicted octanol–water partition coefficient (Wildman–Crippen LogP) is 2.14. The van der Waals surface area contributed by atoms with Crippen LogP contribution in [0.4, 0.5) is 4.39 Å². The van der Waals surface area contributed by atoms with Crippen molar-refractivity contribution in [3.63, 3.8) is 0 Å². The number of aromatic nitrogens is 1. The Morgan fingerprint density at radius 3 is 2.63 bits per heavy atom. The second-order valence-electron chi connectivity index (χ2n) is 3.99. The molecule has 2 N–H and O–H groups in total. The largest absolute Gasteiger partial charge is 0.480 e. The van der Waals surface area contributed by atoms with Crippen LogP contribution >= 0.6 is 0 Å². The molecule has 0 spiro atoms. The average molecular weight is 260 g/mol. The highest BCUT2D eigenvalue weighted by molar-refractivity contribution is 5.75. The van der Waals surface area contributed by atoms with Gasteiger partial charge in [-0.1, -0.05) is 24.3 Å². The third-order valence-corrected chi connectivity index (χ3v) is 2.68. The van der Waals surface area contributed by atoms with Gasteiger partial charge in [-0.05, 0) is 18.2 Å². The van der Waals surface area contributed by atoms with Crippen molar-refractivity contribution >= 4 is 5.97 Å². The first-order valence-electron chi connectivity index (χ1n) is 5.79. The highest BCUT2D eigenvalue weighted by atomic mass is 19.1. The highest BCUT2D eigenvalue weighted by Crippen LogP contribution is 2.17. The number of halogens is 1. The number of hydrogen-bond donors (Lipinski definition) is 2. The molecule has 0 amide bonds. The molecular weight excluding hydrogens is 247 g/mol. The monoisotopic (exact) mass is 260 g/mol. The summed E-state index contributed by atoms with van der Waals surface area (Å²) in [7, 11) is 0. The van der Waals surface area contributed by atoms with Crippen LogP contribution < -0.4 is 5.32 Å². The summed E-state index contributed by atoms with van der Waals surface area (Å²) in [6.07, 6.45) is 1.62. The third kappa shape index (κ3) is 3.35. The molecule has 1 aromatic carbocycles. The number of carboxylic acids is 1. The SMILES string of the molecule is O=C(O)C(NCc1ccccn1)c1ccccc1F. The molecule has 0 fully saturated rings. The van der Waals surface area contributed by atoms with E-state index in [0.29, 0.717) is 5.69 Å². The van der Waals surface area contributed by atoms with E-state index in [1.165, 1.54) is 18.2 Å². The Kier molecular flexibility index (Phi) is 4.20. The number of hydrogen-bond acceptors (Lipinski definition) is 3. The Morgan fingerprint density at radius 1 is 1.26 bits per heavy atom. The first kappa shape index (κ1) is 13.2. The molecule has 0 bridgehead atoms. The number of aliphatic carboxylic acids is 1. The van der Waals surface area contributed by atoms with E-state index in [4.69, 9.17) is 0 Å². The molecule has 2 rings (SSSR count). The van der Waals surface area contributed by atoms with Crippen molar-refractivity contribution in [2.45, 2.75) is 12.6 Å². The van der Waals surface area contributed by atoms with E-state index in [-0.39, 0.29) is 12.1 Å². The fourth-order valence-electron chi connectivity index (χ4n) is 1.75. The Bertz CT molecular complexity index is 560. The second-order valence-corrected chi connectivity index (χ2v) is 3.99. The highest BCUT2D eigenvalue weighted by Gasteiger charge is 2.22. The van der Waals surface area contributed by atoms with E-state index >= 15 is 0 Å². The lowest BCUT2D eigenvalue weighted by molar-refractivity contribution is -0.139. The van der Waals surface area contributed by atoms with Crippen LogP contribution in [-0.2, 0) is 11.3 Å². The van der Waals surface area contributed by atoms with Gasteiger partial charge in [0.1, 0.15) is 11.9 Å². The number of nitrogens with zero attached hydrogens (tertiary/aromatic N) is 1. The Balaban J connectivity index is 2.14. The Labute approximate surface area is 109 Å². The zero-order valence-electron chi connectivity index (χ0n) is 10.1. The van der Waals surface area contributed by atoms with Gasteiger partial charge in [0.05, 0.1) is 5.69 Å². The molecule has 2 aromatic rings. The quantitative estimate of drug-likeness (QED) is 0.864. The molecule has 0 saturated carbocycles. The van der Waals surface area contributed by atoms with Crippen LogP contribution in [0.3, 0.4) is 0 Å². The molecule has 1 heterocycles. The molecule has 0 aliphatic heterocycles. The van der Waals surface area contributed by atoms with Crippen molar-refractivity contribution in [1.29, 1.82) is 0 Å². The van der Waals surface area contributed by atoms with Gasteiger partial charge in [-0.2, -0.15) is 0 Å². The second kappa shape index (κ2) is 6.06. The van der Waals surface area contributed by atoms with Crippen molar-refractivity contribution in [3.8, 4) is 0 Å². The first-order valence-corrected chi connectivity index (χ1v) is 5.79. The maximum absolute atomic E-state index is 13.6. The van der Waals surface area contributed by atoms with Crippen molar-refractivity contribution in [2.75, 3.05) is 0 Å². The number of carboxylic acid groups (broad SMARTS) is 1. The summed E-state index contributed by atoms with van der Waals surface area (Å²) >= 11 is 0. The number of rotatable bonds is 5. The molecule has 1 aromatic heterocycles. The fourth-order valence-corrected chi connectivity index (χ4v) is 1.75. The molecule has 19 heavy (non-hydrogen) atoms. The van der Waals surface area contributed by atoms with E-state index in [9.17, 15) is 14.3 Å². The number of carbonyl (C=O) groups is 1. The van der Waals surface area contributed by atoms with Gasteiger partial charge in [-0.25, -0.2) is 4.39 Å². The third-order valence-electron chi connectivity index (χ3n) is 2.68. The van der Waals surface area contributed by atoms with Gasteiger partial charge in [0, 0.05) is 18.3 Å². The number of pyridine rings is 1. The number of nitrogens with one attached hydrogen (secondary N) is 1. The zero-order chi connectivity index (χ0) is 13.7. The maximum atomic E-state index is 13.6. The van der Waals surface area contributed by atoms with Crippen molar-refractivity contribution in [3.05, 3.63) is 65.7 Å². The summed E-state index contributed by atoms with van der Waals surface area (Å²) in [5, 5.41) is 12.0. The fraction of sp³-hybridized carbons (Fsp3) is 0.143. The molecule has 1 atom stereocenters. The summed E-state index contributed by atoms with van der Waals surface area (Å²) in [4.78, 5) is 15.3. The minimum absolute atomic E-state index is 0.117. The molecule has 0 radical (unpaired) electrons. The van der Waals surface area contributed by atoms with Crippen LogP contribution in [0.25, 0.3) is 0 Å². The van der Waals surface area contributed by atoms with Gasteiger partial charge in [0.15, 0.2) is 0 Å². The minimum Gasteiger partial charge on any atom is -0.480 e. The average Bonchev–Trinajstić information content (AvgIpc) is 2.42. The van der Waals surface area contributed by atoms with Crippen LogP contribution in [-0.4, -0.2) is 16.1 Å². The van der Waals surface area contributed by atoms with Crippen LogP contribution in [0.1, 0.15) is 17.3 Å². The van der Waals surface area contributed by atoms with E-state index in [0.717, 1.165) is 0 Å². The van der Waals surface area contributed by atoms with Gasteiger partial charge in [-0.3, -0.25) is 15.1 Å². The van der Waals surface area contributed by atoms with Crippen LogP contribution in [0.2, 0.25) is 0 Å². The van der Waals surface area contributed by atoms with Crippen molar-refractivity contribution in [2.24, 2.45) is 0 Å². The Hall–Kier alpha value is -2.27. The summed E-state index contributed by atoms with van der Waals surface area (Å²) < 4.78 is 13.6.